The molecule has 0 aliphatic heterocycles. The first-order valence-electron chi connectivity index (χ1n) is 11.0. The van der Waals surface area contributed by atoms with E-state index in [4.69, 9.17) is 21.1 Å². The summed E-state index contributed by atoms with van der Waals surface area (Å²) in [6.45, 7) is 3.56. The van der Waals surface area contributed by atoms with Gasteiger partial charge in [0.15, 0.2) is 6.10 Å². The molecule has 0 aromatic heterocycles. The zero-order chi connectivity index (χ0) is 24.8. The molecule has 0 saturated carbocycles. The second kappa shape index (κ2) is 10.8. The molecule has 0 aliphatic rings. The number of nitrogens with zero attached hydrogens (tertiary/aromatic N) is 1. The fourth-order valence-corrected chi connectivity index (χ4v) is 3.49. The maximum Gasteiger partial charge on any atom is 0.343 e. The highest BCUT2D eigenvalue weighted by Gasteiger charge is 2.16. The van der Waals surface area contributed by atoms with Crippen LogP contribution in [-0.4, -0.2) is 24.2 Å². The SMILES string of the molecule is Cc1ccc(C(=O)Oc2ccc3ccccc3c2/C=N/NC(=O)C(C)Oc2ccc(Cl)cc2)cc1. The summed E-state index contributed by atoms with van der Waals surface area (Å²) in [5, 5.41) is 6.44. The molecule has 4 rings (SSSR count). The van der Waals surface area contributed by atoms with Crippen molar-refractivity contribution in [3.63, 3.8) is 0 Å². The van der Waals surface area contributed by atoms with Gasteiger partial charge in [-0.2, -0.15) is 5.10 Å². The predicted molar refractivity (Wildman–Crippen MR) is 137 cm³/mol. The Morgan fingerprint density at radius 2 is 1.66 bits per heavy atom. The Kier molecular flexibility index (Phi) is 7.43. The topological polar surface area (TPSA) is 77.0 Å². The van der Waals surface area contributed by atoms with Crippen molar-refractivity contribution in [2.75, 3.05) is 0 Å². The van der Waals surface area contributed by atoms with Crippen molar-refractivity contribution in [2.45, 2.75) is 20.0 Å². The molecular weight excluding hydrogens is 464 g/mol. The summed E-state index contributed by atoms with van der Waals surface area (Å²) in [6, 6.07) is 25.1. The Balaban J connectivity index is 1.52. The van der Waals surface area contributed by atoms with Gasteiger partial charge in [0.2, 0.25) is 0 Å². The maximum atomic E-state index is 12.7. The van der Waals surface area contributed by atoms with Crippen molar-refractivity contribution < 1.29 is 19.1 Å². The van der Waals surface area contributed by atoms with Crippen molar-refractivity contribution in [2.24, 2.45) is 5.10 Å². The first kappa shape index (κ1) is 24.0. The lowest BCUT2D eigenvalue weighted by atomic mass is 10.0. The van der Waals surface area contributed by atoms with Gasteiger partial charge in [0.1, 0.15) is 11.5 Å². The third kappa shape index (κ3) is 6.05. The van der Waals surface area contributed by atoms with Crippen LogP contribution in [0.3, 0.4) is 0 Å². The number of carbonyl (C=O) groups excluding carboxylic acids is 2. The van der Waals surface area contributed by atoms with Crippen LogP contribution in [0.25, 0.3) is 10.8 Å². The van der Waals surface area contributed by atoms with E-state index < -0.39 is 18.0 Å². The van der Waals surface area contributed by atoms with Gasteiger partial charge in [0.25, 0.3) is 5.91 Å². The predicted octanol–water partition coefficient (Wildman–Crippen LogP) is 5.94. The molecule has 0 heterocycles. The summed E-state index contributed by atoms with van der Waals surface area (Å²) in [5.41, 5.74) is 4.53. The Labute approximate surface area is 208 Å². The fourth-order valence-electron chi connectivity index (χ4n) is 3.37. The van der Waals surface area contributed by atoms with Crippen LogP contribution in [-0.2, 0) is 4.79 Å². The smallest absolute Gasteiger partial charge is 0.343 e. The van der Waals surface area contributed by atoms with Crippen LogP contribution >= 0.6 is 11.6 Å². The monoisotopic (exact) mass is 486 g/mol. The number of nitrogens with one attached hydrogen (secondary N) is 1. The van der Waals surface area contributed by atoms with Crippen LogP contribution in [0.4, 0.5) is 0 Å². The van der Waals surface area contributed by atoms with Gasteiger partial charge in [-0.1, -0.05) is 59.6 Å². The van der Waals surface area contributed by atoms with Crippen LogP contribution in [0.1, 0.15) is 28.4 Å². The molecule has 1 unspecified atom stereocenters. The summed E-state index contributed by atoms with van der Waals surface area (Å²) in [4.78, 5) is 25.2. The number of benzene rings is 4. The zero-order valence-corrected chi connectivity index (χ0v) is 20.0. The Morgan fingerprint density at radius 1 is 0.943 bits per heavy atom. The minimum atomic E-state index is -0.792. The normalized spacial score (nSPS) is 11.9. The molecule has 4 aromatic carbocycles. The average Bonchev–Trinajstić information content (AvgIpc) is 2.86. The summed E-state index contributed by atoms with van der Waals surface area (Å²) >= 11 is 5.88. The van der Waals surface area contributed by atoms with Crippen molar-refractivity contribution in [3.05, 3.63) is 107 Å². The molecule has 1 N–H and O–H groups in total. The van der Waals surface area contributed by atoms with E-state index in [0.717, 1.165) is 16.3 Å². The summed E-state index contributed by atoms with van der Waals surface area (Å²) in [7, 11) is 0. The number of amides is 1. The van der Waals surface area contributed by atoms with Gasteiger partial charge in [-0.25, -0.2) is 10.2 Å². The number of esters is 1. The van der Waals surface area contributed by atoms with Crippen LogP contribution in [0, 0.1) is 6.92 Å². The van der Waals surface area contributed by atoms with Crippen LogP contribution < -0.4 is 14.9 Å². The quantitative estimate of drug-likeness (QED) is 0.152. The largest absolute Gasteiger partial charge is 0.481 e. The number of ether oxygens (including phenoxy) is 2. The number of hydrogen-bond donors (Lipinski definition) is 1. The lowest BCUT2D eigenvalue weighted by Gasteiger charge is -2.13. The van der Waals surface area contributed by atoms with E-state index in [1.165, 1.54) is 6.21 Å². The third-order valence-corrected chi connectivity index (χ3v) is 5.54. The van der Waals surface area contributed by atoms with E-state index in [0.29, 0.717) is 27.6 Å². The Hall–Kier alpha value is -4.16. The minimum absolute atomic E-state index is 0.331. The molecule has 1 atom stereocenters. The van der Waals surface area contributed by atoms with Gasteiger partial charge in [-0.15, -0.1) is 0 Å². The van der Waals surface area contributed by atoms with Gasteiger partial charge in [-0.3, -0.25) is 4.79 Å². The highest BCUT2D eigenvalue weighted by molar-refractivity contribution is 6.30. The Bertz CT molecular complexity index is 1380. The van der Waals surface area contributed by atoms with Gasteiger partial charge < -0.3 is 9.47 Å². The molecule has 176 valence electrons. The summed E-state index contributed by atoms with van der Waals surface area (Å²) < 4.78 is 11.3. The van der Waals surface area contributed by atoms with Crippen molar-refractivity contribution in [3.8, 4) is 11.5 Å². The number of hydrogen-bond acceptors (Lipinski definition) is 5. The molecule has 4 aromatic rings. The lowest BCUT2D eigenvalue weighted by molar-refractivity contribution is -0.127. The number of halogens is 1. The van der Waals surface area contributed by atoms with Gasteiger partial charge >= 0.3 is 5.97 Å². The van der Waals surface area contributed by atoms with Crippen LogP contribution in [0.5, 0.6) is 11.5 Å². The molecule has 0 radical (unpaired) electrons. The molecule has 0 fully saturated rings. The van der Waals surface area contributed by atoms with E-state index in [2.05, 4.69) is 10.5 Å². The molecule has 0 spiro atoms. The molecule has 0 saturated heterocycles. The second-order valence-corrected chi connectivity index (χ2v) is 8.34. The number of hydrazone groups is 1. The van der Waals surface area contributed by atoms with Gasteiger partial charge in [0, 0.05) is 10.6 Å². The molecule has 1 amide bonds. The molecule has 0 aliphatic carbocycles. The fraction of sp³-hybridized carbons (Fsp3) is 0.107. The van der Waals surface area contributed by atoms with E-state index in [1.807, 2.05) is 49.4 Å². The van der Waals surface area contributed by atoms with E-state index in [-0.39, 0.29) is 0 Å². The molecule has 7 heteroatoms. The molecular formula is C28H23ClN2O4. The van der Waals surface area contributed by atoms with Gasteiger partial charge in [0.05, 0.1) is 11.8 Å². The first-order chi connectivity index (χ1) is 16.9. The first-order valence-corrected chi connectivity index (χ1v) is 11.3. The Morgan fingerprint density at radius 3 is 2.40 bits per heavy atom. The van der Waals surface area contributed by atoms with Crippen LogP contribution in [0.15, 0.2) is 90.0 Å². The van der Waals surface area contributed by atoms with E-state index in [9.17, 15) is 9.59 Å². The van der Waals surface area contributed by atoms with Crippen molar-refractivity contribution in [1.82, 2.24) is 5.43 Å². The zero-order valence-electron chi connectivity index (χ0n) is 19.2. The molecule has 35 heavy (non-hydrogen) atoms. The second-order valence-electron chi connectivity index (χ2n) is 7.90. The van der Waals surface area contributed by atoms with Crippen molar-refractivity contribution in [1.29, 1.82) is 0 Å². The number of aryl methyl sites for hydroxylation is 1. The van der Waals surface area contributed by atoms with Gasteiger partial charge in [-0.05, 0) is 67.1 Å². The molecule has 6 nitrogen and oxygen atoms in total. The maximum absolute atomic E-state index is 12.7. The van der Waals surface area contributed by atoms with E-state index >= 15 is 0 Å². The van der Waals surface area contributed by atoms with Crippen LogP contribution in [0.2, 0.25) is 5.02 Å². The number of fused-ring (bicyclic) bond motifs is 1. The lowest BCUT2D eigenvalue weighted by Crippen LogP contribution is -2.33. The van der Waals surface area contributed by atoms with Crippen molar-refractivity contribution >= 4 is 40.5 Å². The minimum Gasteiger partial charge on any atom is -0.481 e. The third-order valence-electron chi connectivity index (χ3n) is 5.28. The summed E-state index contributed by atoms with van der Waals surface area (Å²) in [5.74, 6) is -0.0725. The number of carbonyl (C=O) groups is 2. The number of rotatable bonds is 7. The van der Waals surface area contributed by atoms with E-state index in [1.54, 1.807) is 49.4 Å². The highest BCUT2D eigenvalue weighted by atomic mass is 35.5. The average molecular weight is 487 g/mol. The molecule has 0 bridgehead atoms. The summed E-state index contributed by atoms with van der Waals surface area (Å²) in [6.07, 6.45) is 0.673. The standard InChI is InChI=1S/C28H23ClN2O4/c1-18-7-9-21(10-8-18)28(33)35-26-16-11-20-5-3-4-6-24(20)25(26)17-30-31-27(32)19(2)34-23-14-12-22(29)13-15-23/h3-17,19H,1-2H3,(H,31,32)/b30-17+. The highest BCUT2D eigenvalue weighted by Crippen LogP contribution is 2.27.